The number of amides is 1. The molecular weight excluding hydrogens is 518 g/mol. The molecule has 1 N–H and O–H groups in total. The molecule has 0 bridgehead atoms. The number of esters is 1. The molecule has 1 heterocycles. The van der Waals surface area contributed by atoms with Gasteiger partial charge in [0.15, 0.2) is 0 Å². The molecule has 1 amide bonds. The van der Waals surface area contributed by atoms with Crippen LogP contribution < -0.4 is 5.32 Å². The highest BCUT2D eigenvalue weighted by Gasteiger charge is 2.38. The fourth-order valence-corrected chi connectivity index (χ4v) is 5.25. The topological polar surface area (TPSA) is 67.9 Å². The van der Waals surface area contributed by atoms with Gasteiger partial charge in [0.1, 0.15) is 0 Å². The Balaban J connectivity index is 1.52. The Bertz CT molecular complexity index is 928. The average molecular weight is 553 g/mol. The van der Waals surface area contributed by atoms with E-state index in [9.17, 15) is 35.9 Å². The third-order valence-electron chi connectivity index (χ3n) is 7.45. The summed E-state index contributed by atoms with van der Waals surface area (Å²) in [7, 11) is 1.37. The number of likely N-dealkylation sites (tertiary alicyclic amines) is 1. The summed E-state index contributed by atoms with van der Waals surface area (Å²) in [6.45, 7) is 2.21. The summed E-state index contributed by atoms with van der Waals surface area (Å²) >= 11 is 0. The van der Waals surface area contributed by atoms with Gasteiger partial charge in [-0.05, 0) is 74.1 Å². The molecule has 1 aromatic carbocycles. The van der Waals surface area contributed by atoms with Crippen molar-refractivity contribution >= 4 is 12.1 Å². The number of rotatable bonds is 8. The van der Waals surface area contributed by atoms with Crippen molar-refractivity contribution < 1.29 is 45.4 Å². The Kier molecular flexibility index (Phi) is 9.94. The van der Waals surface area contributed by atoms with E-state index in [-0.39, 0.29) is 61.2 Å². The number of hydrogen-bond acceptors (Lipinski definition) is 5. The van der Waals surface area contributed by atoms with Crippen LogP contribution in [0.2, 0.25) is 0 Å². The standard InChI is InChI=1S/C26H34F6N2O4/c1-3-22-12-21(33-13-18-8-19(25(27,28)29)11-20(9-18)26(30,31)32)14-34(22)24(36)38-15-17-6-4-16(5-7-17)10-23(35)37-2/h8-9,11,16-17,21-22,33H,3-7,10,12-15H2,1-2H3/t16?,17?,21-,22+/m0/s1. The van der Waals surface area contributed by atoms with Gasteiger partial charge in [-0.25, -0.2) is 4.79 Å². The molecule has 1 aliphatic carbocycles. The number of carbonyl (C=O) groups is 2. The fraction of sp³-hybridized carbons (Fsp3) is 0.692. The highest BCUT2D eigenvalue weighted by molar-refractivity contribution is 5.69. The van der Waals surface area contributed by atoms with Crippen molar-refractivity contribution in [2.75, 3.05) is 20.3 Å². The lowest BCUT2D eigenvalue weighted by molar-refractivity contribution is -0.144. The molecule has 6 nitrogen and oxygen atoms in total. The fourth-order valence-electron chi connectivity index (χ4n) is 5.25. The van der Waals surface area contributed by atoms with Gasteiger partial charge in [-0.2, -0.15) is 26.3 Å². The van der Waals surface area contributed by atoms with E-state index in [1.807, 2.05) is 6.92 Å². The molecule has 214 valence electrons. The maximum absolute atomic E-state index is 13.1. The summed E-state index contributed by atoms with van der Waals surface area (Å²) in [6.07, 6.45) is -5.36. The lowest BCUT2D eigenvalue weighted by Gasteiger charge is -2.29. The number of hydrogen-bond donors (Lipinski definition) is 1. The van der Waals surface area contributed by atoms with Crippen LogP contribution in [-0.2, 0) is 33.2 Å². The Hall–Kier alpha value is -2.50. The van der Waals surface area contributed by atoms with Crippen molar-refractivity contribution in [2.45, 2.75) is 82.9 Å². The van der Waals surface area contributed by atoms with E-state index < -0.39 is 29.6 Å². The summed E-state index contributed by atoms with van der Waals surface area (Å²) in [5, 5.41) is 3.01. The van der Waals surface area contributed by atoms with E-state index in [2.05, 4.69) is 5.32 Å². The van der Waals surface area contributed by atoms with Crippen LogP contribution in [0.1, 0.15) is 68.6 Å². The smallest absolute Gasteiger partial charge is 0.416 e. The normalized spacial score (nSPS) is 24.4. The Morgan fingerprint density at radius 3 is 2.08 bits per heavy atom. The molecule has 2 aliphatic rings. The minimum Gasteiger partial charge on any atom is -0.469 e. The largest absolute Gasteiger partial charge is 0.469 e. The maximum Gasteiger partial charge on any atom is 0.416 e. The van der Waals surface area contributed by atoms with E-state index in [0.29, 0.717) is 31.4 Å². The van der Waals surface area contributed by atoms with Gasteiger partial charge in [0.2, 0.25) is 0 Å². The third-order valence-corrected chi connectivity index (χ3v) is 7.45. The highest BCUT2D eigenvalue weighted by Crippen LogP contribution is 2.36. The summed E-state index contributed by atoms with van der Waals surface area (Å²) in [6, 6.07) is 1.07. The van der Waals surface area contributed by atoms with Gasteiger partial charge >= 0.3 is 24.4 Å². The highest BCUT2D eigenvalue weighted by atomic mass is 19.4. The van der Waals surface area contributed by atoms with Gasteiger partial charge in [0, 0.05) is 31.6 Å². The van der Waals surface area contributed by atoms with Gasteiger partial charge in [-0.15, -0.1) is 0 Å². The van der Waals surface area contributed by atoms with E-state index in [4.69, 9.17) is 9.47 Å². The van der Waals surface area contributed by atoms with Gasteiger partial charge < -0.3 is 19.7 Å². The van der Waals surface area contributed by atoms with Crippen molar-refractivity contribution in [2.24, 2.45) is 11.8 Å². The average Bonchev–Trinajstić information content (AvgIpc) is 3.29. The van der Waals surface area contributed by atoms with Gasteiger partial charge in [-0.1, -0.05) is 6.92 Å². The number of nitrogens with zero attached hydrogens (tertiary/aromatic N) is 1. The van der Waals surface area contributed by atoms with Crippen LogP contribution in [0.15, 0.2) is 18.2 Å². The number of methoxy groups -OCH3 is 1. The molecule has 1 saturated heterocycles. The zero-order valence-corrected chi connectivity index (χ0v) is 21.5. The molecule has 3 rings (SSSR count). The van der Waals surface area contributed by atoms with Gasteiger partial charge in [-0.3, -0.25) is 4.79 Å². The van der Waals surface area contributed by atoms with E-state index >= 15 is 0 Å². The van der Waals surface area contributed by atoms with Crippen LogP contribution >= 0.6 is 0 Å². The second-order valence-electron chi connectivity index (χ2n) is 10.2. The van der Waals surface area contributed by atoms with E-state index in [1.54, 1.807) is 4.90 Å². The summed E-state index contributed by atoms with van der Waals surface area (Å²) in [4.78, 5) is 25.8. The van der Waals surface area contributed by atoms with Crippen LogP contribution in [0.4, 0.5) is 31.1 Å². The minimum atomic E-state index is -4.90. The second-order valence-corrected chi connectivity index (χ2v) is 10.2. The first-order valence-electron chi connectivity index (χ1n) is 12.8. The summed E-state index contributed by atoms with van der Waals surface area (Å²) < 4.78 is 89.1. The number of carbonyl (C=O) groups excluding carboxylic acids is 2. The Morgan fingerprint density at radius 2 is 1.55 bits per heavy atom. The monoisotopic (exact) mass is 552 g/mol. The molecule has 2 atom stereocenters. The van der Waals surface area contributed by atoms with Crippen LogP contribution in [0, 0.1) is 11.8 Å². The van der Waals surface area contributed by atoms with Gasteiger partial charge in [0.25, 0.3) is 0 Å². The predicted molar refractivity (Wildman–Crippen MR) is 126 cm³/mol. The number of nitrogens with one attached hydrogen (secondary N) is 1. The van der Waals surface area contributed by atoms with Crippen LogP contribution in [0.25, 0.3) is 0 Å². The van der Waals surface area contributed by atoms with E-state index in [1.165, 1.54) is 7.11 Å². The van der Waals surface area contributed by atoms with Crippen molar-refractivity contribution in [3.05, 3.63) is 34.9 Å². The molecule has 12 heteroatoms. The third kappa shape index (κ3) is 8.25. The first-order chi connectivity index (χ1) is 17.8. The first-order valence-corrected chi connectivity index (χ1v) is 12.8. The van der Waals surface area contributed by atoms with Crippen LogP contribution in [0.3, 0.4) is 0 Å². The zero-order chi connectivity index (χ0) is 28.1. The van der Waals surface area contributed by atoms with Crippen LogP contribution in [-0.4, -0.2) is 49.3 Å². The van der Waals surface area contributed by atoms with Crippen molar-refractivity contribution in [1.82, 2.24) is 10.2 Å². The number of benzene rings is 1. The van der Waals surface area contributed by atoms with Crippen molar-refractivity contribution in [1.29, 1.82) is 0 Å². The van der Waals surface area contributed by atoms with Crippen molar-refractivity contribution in [3.8, 4) is 0 Å². The molecule has 2 fully saturated rings. The number of ether oxygens (including phenoxy) is 2. The van der Waals surface area contributed by atoms with Crippen molar-refractivity contribution in [3.63, 3.8) is 0 Å². The zero-order valence-electron chi connectivity index (χ0n) is 21.5. The summed E-state index contributed by atoms with van der Waals surface area (Å²) in [5.41, 5.74) is -2.85. The molecule has 0 spiro atoms. The first kappa shape index (κ1) is 30.0. The molecule has 1 aromatic rings. The summed E-state index contributed by atoms with van der Waals surface area (Å²) in [5.74, 6) is 0.248. The van der Waals surface area contributed by atoms with Gasteiger partial charge in [0.05, 0.1) is 24.8 Å². The lowest BCUT2D eigenvalue weighted by atomic mass is 9.81. The number of alkyl halides is 6. The molecule has 0 radical (unpaired) electrons. The lowest BCUT2D eigenvalue weighted by Crippen LogP contribution is -2.38. The molecular formula is C26H34F6N2O4. The SMILES string of the molecule is CC[C@@H]1C[C@H](NCc2cc(C(F)(F)F)cc(C(F)(F)F)c2)CN1C(=O)OCC1CCC(CC(=O)OC)CC1. The van der Waals surface area contributed by atoms with Crippen LogP contribution in [0.5, 0.6) is 0 Å². The molecule has 38 heavy (non-hydrogen) atoms. The second kappa shape index (κ2) is 12.6. The molecule has 1 aliphatic heterocycles. The molecule has 0 aromatic heterocycles. The quantitative estimate of drug-likeness (QED) is 0.309. The number of halogens is 6. The molecule has 0 unspecified atom stereocenters. The maximum atomic E-state index is 13.1. The predicted octanol–water partition coefficient (Wildman–Crippen LogP) is 6.17. The Morgan fingerprint density at radius 1 is 0.974 bits per heavy atom. The molecule has 1 saturated carbocycles. The van der Waals surface area contributed by atoms with E-state index in [0.717, 1.165) is 25.7 Å². The minimum absolute atomic E-state index is 0.107. The Labute approximate surface area is 218 Å².